The summed E-state index contributed by atoms with van der Waals surface area (Å²) in [6, 6.07) is 9.01. The van der Waals surface area contributed by atoms with Gasteiger partial charge < -0.3 is 20.9 Å². The first kappa shape index (κ1) is 14.5. The SMILES string of the molecule is N#Cc1ccccc1OCC(O)CNCCCN. The van der Waals surface area contributed by atoms with E-state index in [-0.39, 0.29) is 6.61 Å². The molecule has 5 nitrogen and oxygen atoms in total. The van der Waals surface area contributed by atoms with Crippen LogP contribution in [0.1, 0.15) is 12.0 Å². The zero-order valence-corrected chi connectivity index (χ0v) is 10.3. The van der Waals surface area contributed by atoms with E-state index in [0.29, 0.717) is 24.4 Å². The fourth-order valence-electron chi connectivity index (χ4n) is 1.43. The van der Waals surface area contributed by atoms with Crippen molar-refractivity contribution < 1.29 is 9.84 Å². The van der Waals surface area contributed by atoms with Gasteiger partial charge in [-0.2, -0.15) is 5.26 Å². The molecule has 1 atom stereocenters. The third kappa shape index (κ3) is 5.15. The largest absolute Gasteiger partial charge is 0.489 e. The predicted octanol–water partition coefficient (Wildman–Crippen LogP) is 0.236. The molecule has 1 rings (SSSR count). The molecule has 1 unspecified atom stereocenters. The van der Waals surface area contributed by atoms with Gasteiger partial charge in [-0.3, -0.25) is 0 Å². The Labute approximate surface area is 107 Å². The van der Waals surface area contributed by atoms with Crippen molar-refractivity contribution in [3.8, 4) is 11.8 Å². The number of nitrogens with zero attached hydrogens (tertiary/aromatic N) is 1. The van der Waals surface area contributed by atoms with E-state index < -0.39 is 6.10 Å². The second kappa shape index (κ2) is 8.48. The number of aliphatic hydroxyl groups is 1. The van der Waals surface area contributed by atoms with Crippen LogP contribution in [0.4, 0.5) is 0 Å². The molecule has 0 aliphatic carbocycles. The van der Waals surface area contributed by atoms with Crippen molar-refractivity contribution in [2.24, 2.45) is 5.73 Å². The van der Waals surface area contributed by atoms with Gasteiger partial charge >= 0.3 is 0 Å². The number of hydrogen-bond donors (Lipinski definition) is 3. The fraction of sp³-hybridized carbons (Fsp3) is 0.462. The Balaban J connectivity index is 2.29. The summed E-state index contributed by atoms with van der Waals surface area (Å²) in [5, 5.41) is 21.6. The van der Waals surface area contributed by atoms with Gasteiger partial charge in [0.15, 0.2) is 0 Å². The highest BCUT2D eigenvalue weighted by Gasteiger charge is 2.07. The summed E-state index contributed by atoms with van der Waals surface area (Å²) >= 11 is 0. The molecule has 0 heterocycles. The average molecular weight is 249 g/mol. The fourth-order valence-corrected chi connectivity index (χ4v) is 1.43. The van der Waals surface area contributed by atoms with Crippen LogP contribution in [-0.4, -0.2) is 37.5 Å². The van der Waals surface area contributed by atoms with Gasteiger partial charge in [0.2, 0.25) is 0 Å². The molecule has 1 aromatic rings. The van der Waals surface area contributed by atoms with Crippen molar-refractivity contribution in [1.29, 1.82) is 5.26 Å². The van der Waals surface area contributed by atoms with Gasteiger partial charge in [-0.25, -0.2) is 0 Å². The number of benzene rings is 1. The lowest BCUT2D eigenvalue weighted by atomic mass is 10.2. The first-order valence-corrected chi connectivity index (χ1v) is 5.98. The molecule has 4 N–H and O–H groups in total. The lowest BCUT2D eigenvalue weighted by molar-refractivity contribution is 0.106. The summed E-state index contributed by atoms with van der Waals surface area (Å²) in [5.74, 6) is 0.501. The summed E-state index contributed by atoms with van der Waals surface area (Å²) in [6.07, 6.45) is 0.278. The lowest BCUT2D eigenvalue weighted by Gasteiger charge is -2.13. The maximum absolute atomic E-state index is 9.67. The van der Waals surface area contributed by atoms with E-state index in [1.807, 2.05) is 6.07 Å². The topological polar surface area (TPSA) is 91.3 Å². The van der Waals surface area contributed by atoms with Crippen molar-refractivity contribution in [3.63, 3.8) is 0 Å². The minimum atomic E-state index is -0.602. The minimum Gasteiger partial charge on any atom is -0.489 e. The number of ether oxygens (including phenoxy) is 1. The smallest absolute Gasteiger partial charge is 0.137 e. The van der Waals surface area contributed by atoms with Crippen molar-refractivity contribution in [1.82, 2.24) is 5.32 Å². The number of aliphatic hydroxyl groups excluding tert-OH is 1. The molecule has 0 saturated heterocycles. The highest BCUT2D eigenvalue weighted by molar-refractivity contribution is 5.42. The first-order chi connectivity index (χ1) is 8.77. The van der Waals surface area contributed by atoms with E-state index in [1.54, 1.807) is 24.3 Å². The molecular weight excluding hydrogens is 230 g/mol. The van der Waals surface area contributed by atoms with Crippen LogP contribution in [0.25, 0.3) is 0 Å². The number of hydrogen-bond acceptors (Lipinski definition) is 5. The predicted molar refractivity (Wildman–Crippen MR) is 69.2 cm³/mol. The van der Waals surface area contributed by atoms with Gasteiger partial charge in [-0.05, 0) is 31.6 Å². The molecule has 1 aromatic carbocycles. The molecule has 18 heavy (non-hydrogen) atoms. The van der Waals surface area contributed by atoms with Crippen LogP contribution < -0.4 is 15.8 Å². The number of nitriles is 1. The zero-order valence-electron chi connectivity index (χ0n) is 10.3. The van der Waals surface area contributed by atoms with E-state index >= 15 is 0 Å². The minimum absolute atomic E-state index is 0.161. The quantitative estimate of drug-likeness (QED) is 0.574. The molecule has 0 aliphatic heterocycles. The Bertz CT molecular complexity index is 390. The molecule has 0 aromatic heterocycles. The van der Waals surface area contributed by atoms with Gasteiger partial charge in [-0.15, -0.1) is 0 Å². The summed E-state index contributed by atoms with van der Waals surface area (Å²) < 4.78 is 5.41. The molecule has 98 valence electrons. The van der Waals surface area contributed by atoms with E-state index in [0.717, 1.165) is 13.0 Å². The Morgan fingerprint density at radius 2 is 2.22 bits per heavy atom. The Morgan fingerprint density at radius 3 is 2.94 bits per heavy atom. The van der Waals surface area contributed by atoms with Crippen LogP contribution in [-0.2, 0) is 0 Å². The van der Waals surface area contributed by atoms with Crippen molar-refractivity contribution in [3.05, 3.63) is 29.8 Å². The summed E-state index contributed by atoms with van der Waals surface area (Å²) in [7, 11) is 0. The molecule has 0 amide bonds. The monoisotopic (exact) mass is 249 g/mol. The molecular formula is C13H19N3O2. The standard InChI is InChI=1S/C13H19N3O2/c14-6-3-7-16-9-12(17)10-18-13-5-2-1-4-11(13)8-15/h1-2,4-5,12,16-17H,3,6-7,9-10,14H2. The Kier molecular flexibility index (Phi) is 6.81. The second-order valence-corrected chi connectivity index (χ2v) is 3.92. The normalized spacial score (nSPS) is 11.8. The Hall–Kier alpha value is -1.61. The summed E-state index contributed by atoms with van der Waals surface area (Å²) in [5.41, 5.74) is 5.83. The zero-order chi connectivity index (χ0) is 13.2. The van der Waals surface area contributed by atoms with Crippen LogP contribution in [0.2, 0.25) is 0 Å². The Morgan fingerprint density at radius 1 is 1.44 bits per heavy atom. The van der Waals surface area contributed by atoms with Crippen molar-refractivity contribution in [2.75, 3.05) is 26.2 Å². The molecule has 5 heteroatoms. The average Bonchev–Trinajstić information content (AvgIpc) is 2.41. The number of para-hydroxylation sites is 1. The van der Waals surface area contributed by atoms with Gasteiger partial charge in [0.25, 0.3) is 0 Å². The van der Waals surface area contributed by atoms with Crippen LogP contribution >= 0.6 is 0 Å². The van der Waals surface area contributed by atoms with E-state index in [4.69, 9.17) is 15.7 Å². The van der Waals surface area contributed by atoms with Crippen LogP contribution in [0.3, 0.4) is 0 Å². The highest BCUT2D eigenvalue weighted by Crippen LogP contribution is 2.16. The molecule has 0 saturated carbocycles. The van der Waals surface area contributed by atoms with Crippen LogP contribution in [0.15, 0.2) is 24.3 Å². The van der Waals surface area contributed by atoms with Gasteiger partial charge in [0.1, 0.15) is 24.5 Å². The molecule has 0 spiro atoms. The van der Waals surface area contributed by atoms with Crippen LogP contribution in [0.5, 0.6) is 5.75 Å². The number of nitrogens with two attached hydrogens (primary N) is 1. The number of nitrogens with one attached hydrogen (secondary N) is 1. The van der Waals surface area contributed by atoms with Gasteiger partial charge in [0.05, 0.1) is 5.56 Å². The lowest BCUT2D eigenvalue weighted by Crippen LogP contribution is -2.32. The summed E-state index contributed by atoms with van der Waals surface area (Å²) in [6.45, 7) is 2.03. The van der Waals surface area contributed by atoms with Gasteiger partial charge in [-0.1, -0.05) is 12.1 Å². The molecule has 0 bridgehead atoms. The van der Waals surface area contributed by atoms with Gasteiger partial charge in [0, 0.05) is 6.54 Å². The highest BCUT2D eigenvalue weighted by atomic mass is 16.5. The van der Waals surface area contributed by atoms with E-state index in [9.17, 15) is 5.11 Å². The second-order valence-electron chi connectivity index (χ2n) is 3.92. The van der Waals surface area contributed by atoms with Crippen LogP contribution in [0, 0.1) is 11.3 Å². The molecule has 0 radical (unpaired) electrons. The maximum Gasteiger partial charge on any atom is 0.137 e. The van der Waals surface area contributed by atoms with E-state index in [1.165, 1.54) is 0 Å². The molecule has 0 aliphatic rings. The first-order valence-electron chi connectivity index (χ1n) is 5.98. The third-order valence-electron chi connectivity index (χ3n) is 2.38. The summed E-state index contributed by atoms with van der Waals surface area (Å²) in [4.78, 5) is 0. The maximum atomic E-state index is 9.67. The van der Waals surface area contributed by atoms with Crippen molar-refractivity contribution >= 4 is 0 Å². The number of rotatable bonds is 8. The molecule has 0 fully saturated rings. The third-order valence-corrected chi connectivity index (χ3v) is 2.38. The van der Waals surface area contributed by atoms with Crippen molar-refractivity contribution in [2.45, 2.75) is 12.5 Å². The van der Waals surface area contributed by atoms with E-state index in [2.05, 4.69) is 5.32 Å².